The zero-order valence-corrected chi connectivity index (χ0v) is 8.90. The molecule has 2 unspecified atom stereocenters. The molecule has 0 aliphatic carbocycles. The molecule has 3 N–H and O–H groups in total. The van der Waals surface area contributed by atoms with Gasteiger partial charge in [-0.15, -0.1) is 0 Å². The number of nitrogens with two attached hydrogens (primary N) is 1. The number of carbonyl (C=O) groups excluding carboxylic acids is 1. The summed E-state index contributed by atoms with van der Waals surface area (Å²) in [5.41, 5.74) is 5.45. The molecule has 0 heterocycles. The van der Waals surface area contributed by atoms with E-state index in [0.29, 0.717) is 6.42 Å². The Bertz CT molecular complexity index is 206. The summed E-state index contributed by atoms with van der Waals surface area (Å²) in [6.07, 6.45) is -4.09. The van der Waals surface area contributed by atoms with E-state index < -0.39 is 30.6 Å². The molecule has 0 aliphatic heterocycles. The van der Waals surface area contributed by atoms with Crippen molar-refractivity contribution in [1.29, 1.82) is 0 Å². The van der Waals surface area contributed by atoms with Crippen molar-refractivity contribution in [3.8, 4) is 0 Å². The first-order valence-electron chi connectivity index (χ1n) is 4.89. The van der Waals surface area contributed by atoms with E-state index in [9.17, 15) is 18.0 Å². The Kier molecular flexibility index (Phi) is 5.64. The maximum absolute atomic E-state index is 11.9. The Morgan fingerprint density at radius 3 is 2.40 bits per heavy atom. The normalized spacial score (nSPS) is 15.9. The van der Waals surface area contributed by atoms with Crippen LogP contribution < -0.4 is 11.1 Å². The number of amides is 1. The monoisotopic (exact) mass is 226 g/mol. The molecule has 0 bridgehead atoms. The van der Waals surface area contributed by atoms with E-state index in [-0.39, 0.29) is 0 Å². The molecule has 0 spiro atoms. The lowest BCUT2D eigenvalue weighted by molar-refractivity contribution is -0.141. The molecule has 1 amide bonds. The number of hydrogen-bond donors (Lipinski definition) is 2. The van der Waals surface area contributed by atoms with Gasteiger partial charge >= 0.3 is 6.18 Å². The summed E-state index contributed by atoms with van der Waals surface area (Å²) in [4.78, 5) is 11.2. The molecule has 0 aliphatic rings. The molecule has 15 heavy (non-hydrogen) atoms. The number of halogens is 3. The van der Waals surface area contributed by atoms with Crippen molar-refractivity contribution < 1.29 is 18.0 Å². The Morgan fingerprint density at radius 2 is 2.00 bits per heavy atom. The fraction of sp³-hybridized carbons (Fsp3) is 0.889. The summed E-state index contributed by atoms with van der Waals surface area (Å²) in [5, 5.41) is 2.24. The van der Waals surface area contributed by atoms with Gasteiger partial charge in [-0.3, -0.25) is 4.79 Å². The van der Waals surface area contributed by atoms with Crippen molar-refractivity contribution >= 4 is 5.91 Å². The molecule has 6 heteroatoms. The van der Waals surface area contributed by atoms with E-state index >= 15 is 0 Å². The van der Waals surface area contributed by atoms with Crippen LogP contribution in [0.25, 0.3) is 0 Å². The zero-order valence-electron chi connectivity index (χ0n) is 8.90. The second-order valence-electron chi connectivity index (χ2n) is 3.62. The molecule has 0 aromatic carbocycles. The zero-order chi connectivity index (χ0) is 12.1. The molecule has 0 saturated heterocycles. The van der Waals surface area contributed by atoms with E-state index in [2.05, 4.69) is 5.32 Å². The topological polar surface area (TPSA) is 55.1 Å². The third-order valence-corrected chi connectivity index (χ3v) is 1.86. The van der Waals surface area contributed by atoms with Crippen molar-refractivity contribution in [1.82, 2.24) is 5.32 Å². The van der Waals surface area contributed by atoms with Gasteiger partial charge in [0, 0.05) is 6.04 Å². The Hall–Kier alpha value is -0.780. The fourth-order valence-electron chi connectivity index (χ4n) is 1.19. The molecular formula is C9H17F3N2O. The van der Waals surface area contributed by atoms with Crippen molar-refractivity contribution in [2.75, 3.05) is 0 Å². The summed E-state index contributed by atoms with van der Waals surface area (Å²) in [6, 6.07) is -1.65. The van der Waals surface area contributed by atoms with Crippen LogP contribution in [0, 0.1) is 0 Å². The molecule has 2 atom stereocenters. The standard InChI is InChI=1S/C9H17F3N2O/c1-3-4-7(13)8(15)14-6(2)5-9(10,11)12/h6-7H,3-5,13H2,1-2H3,(H,14,15). The highest BCUT2D eigenvalue weighted by Crippen LogP contribution is 2.21. The third kappa shape index (κ3) is 7.18. The highest BCUT2D eigenvalue weighted by Gasteiger charge is 2.31. The van der Waals surface area contributed by atoms with Crippen LogP contribution in [0.2, 0.25) is 0 Å². The molecule has 0 aromatic rings. The summed E-state index contributed by atoms with van der Waals surface area (Å²) in [7, 11) is 0. The largest absolute Gasteiger partial charge is 0.391 e. The maximum atomic E-state index is 11.9. The van der Waals surface area contributed by atoms with Crippen molar-refractivity contribution in [2.45, 2.75) is 51.4 Å². The molecule has 3 nitrogen and oxygen atoms in total. The van der Waals surface area contributed by atoms with Crippen LogP contribution in [0.15, 0.2) is 0 Å². The summed E-state index contributed by atoms with van der Waals surface area (Å²) in [6.45, 7) is 3.16. The van der Waals surface area contributed by atoms with Crippen LogP contribution in [-0.4, -0.2) is 24.2 Å². The highest BCUT2D eigenvalue weighted by atomic mass is 19.4. The maximum Gasteiger partial charge on any atom is 0.391 e. The second-order valence-corrected chi connectivity index (χ2v) is 3.62. The number of nitrogens with one attached hydrogen (secondary N) is 1. The van der Waals surface area contributed by atoms with Crippen LogP contribution in [0.5, 0.6) is 0 Å². The van der Waals surface area contributed by atoms with Gasteiger partial charge in [-0.25, -0.2) is 0 Å². The highest BCUT2D eigenvalue weighted by molar-refractivity contribution is 5.81. The van der Waals surface area contributed by atoms with Gasteiger partial charge in [-0.05, 0) is 13.3 Å². The smallest absolute Gasteiger partial charge is 0.352 e. The second kappa shape index (κ2) is 5.95. The first kappa shape index (κ1) is 14.2. The van der Waals surface area contributed by atoms with Crippen LogP contribution in [0.1, 0.15) is 33.1 Å². The number of alkyl halides is 3. The summed E-state index contributed by atoms with van der Waals surface area (Å²) in [5.74, 6) is -0.520. The Morgan fingerprint density at radius 1 is 1.47 bits per heavy atom. The van der Waals surface area contributed by atoms with Gasteiger partial charge in [0.25, 0.3) is 0 Å². The number of carbonyl (C=O) groups is 1. The van der Waals surface area contributed by atoms with Crippen molar-refractivity contribution in [2.24, 2.45) is 5.73 Å². The average molecular weight is 226 g/mol. The lowest BCUT2D eigenvalue weighted by Crippen LogP contribution is -2.45. The summed E-state index contributed by atoms with van der Waals surface area (Å²) < 4.78 is 35.8. The number of rotatable bonds is 5. The minimum atomic E-state index is -4.26. The predicted octanol–water partition coefficient (Wildman–Crippen LogP) is 1.57. The lowest BCUT2D eigenvalue weighted by atomic mass is 10.1. The molecule has 0 rings (SSSR count). The number of hydrogen-bond acceptors (Lipinski definition) is 2. The van der Waals surface area contributed by atoms with Gasteiger partial charge in [-0.2, -0.15) is 13.2 Å². The SMILES string of the molecule is CCCC(N)C(=O)NC(C)CC(F)(F)F. The minimum Gasteiger partial charge on any atom is -0.352 e. The lowest BCUT2D eigenvalue weighted by Gasteiger charge is -2.18. The van der Waals surface area contributed by atoms with E-state index in [1.54, 1.807) is 0 Å². The minimum absolute atomic E-state index is 0.477. The average Bonchev–Trinajstić information content (AvgIpc) is 2.00. The molecule has 0 aromatic heterocycles. The van der Waals surface area contributed by atoms with Crippen LogP contribution in [-0.2, 0) is 4.79 Å². The van der Waals surface area contributed by atoms with Gasteiger partial charge in [-0.1, -0.05) is 13.3 Å². The molecule has 0 radical (unpaired) electrons. The first-order valence-corrected chi connectivity index (χ1v) is 4.89. The van der Waals surface area contributed by atoms with Gasteiger partial charge < -0.3 is 11.1 Å². The Labute approximate surface area is 87.2 Å². The van der Waals surface area contributed by atoms with Gasteiger partial charge in [0.05, 0.1) is 12.5 Å². The van der Waals surface area contributed by atoms with E-state index in [4.69, 9.17) is 5.73 Å². The van der Waals surface area contributed by atoms with Gasteiger partial charge in [0.1, 0.15) is 0 Å². The summed E-state index contributed by atoms with van der Waals surface area (Å²) >= 11 is 0. The quantitative estimate of drug-likeness (QED) is 0.747. The molecule has 90 valence electrons. The van der Waals surface area contributed by atoms with Gasteiger partial charge in [0.15, 0.2) is 0 Å². The van der Waals surface area contributed by atoms with E-state index in [1.165, 1.54) is 6.92 Å². The first-order chi connectivity index (χ1) is 6.76. The van der Waals surface area contributed by atoms with Crippen LogP contribution >= 0.6 is 0 Å². The van der Waals surface area contributed by atoms with Crippen molar-refractivity contribution in [3.63, 3.8) is 0 Å². The molecular weight excluding hydrogens is 209 g/mol. The third-order valence-electron chi connectivity index (χ3n) is 1.86. The predicted molar refractivity (Wildman–Crippen MR) is 51.2 cm³/mol. The van der Waals surface area contributed by atoms with Crippen LogP contribution in [0.4, 0.5) is 13.2 Å². The van der Waals surface area contributed by atoms with Crippen molar-refractivity contribution in [3.05, 3.63) is 0 Å². The van der Waals surface area contributed by atoms with Crippen LogP contribution in [0.3, 0.4) is 0 Å². The van der Waals surface area contributed by atoms with E-state index in [1.807, 2.05) is 6.92 Å². The van der Waals surface area contributed by atoms with E-state index in [0.717, 1.165) is 6.42 Å². The molecule has 0 saturated carbocycles. The fourth-order valence-corrected chi connectivity index (χ4v) is 1.19. The molecule has 0 fully saturated rings. The van der Waals surface area contributed by atoms with Gasteiger partial charge in [0.2, 0.25) is 5.91 Å². The Balaban J connectivity index is 3.96.